The molecule has 0 saturated carbocycles. The summed E-state index contributed by atoms with van der Waals surface area (Å²) in [6, 6.07) is 12.5. The highest BCUT2D eigenvalue weighted by atomic mass is 32.2. The number of nitrogens with one attached hydrogen (secondary N) is 1. The number of hydrogen-bond acceptors (Lipinski definition) is 5. The first kappa shape index (κ1) is 24.5. The van der Waals surface area contributed by atoms with E-state index in [-0.39, 0.29) is 23.7 Å². The SMILES string of the molecule is COc1ccc(OC)c(N(CC(=O)N[C@@H](C)c2ccc(C(C)(C)C)cc2)S(C)(=O)=O)c1. The van der Waals surface area contributed by atoms with Crippen molar-refractivity contribution in [3.8, 4) is 11.5 Å². The van der Waals surface area contributed by atoms with Crippen molar-refractivity contribution < 1.29 is 22.7 Å². The summed E-state index contributed by atoms with van der Waals surface area (Å²) in [5.41, 5.74) is 2.41. The molecule has 8 heteroatoms. The molecule has 2 aromatic carbocycles. The molecule has 0 fully saturated rings. The van der Waals surface area contributed by atoms with Gasteiger partial charge in [0.15, 0.2) is 0 Å². The summed E-state index contributed by atoms with van der Waals surface area (Å²) in [5.74, 6) is 0.352. The van der Waals surface area contributed by atoms with Crippen LogP contribution in [0, 0.1) is 0 Å². The van der Waals surface area contributed by atoms with Crippen molar-refractivity contribution in [2.24, 2.45) is 0 Å². The van der Waals surface area contributed by atoms with Gasteiger partial charge < -0.3 is 14.8 Å². The molecule has 0 aliphatic carbocycles. The van der Waals surface area contributed by atoms with E-state index in [2.05, 4.69) is 26.1 Å². The van der Waals surface area contributed by atoms with Gasteiger partial charge in [0, 0.05) is 6.07 Å². The molecule has 1 N–H and O–H groups in total. The van der Waals surface area contributed by atoms with Crippen molar-refractivity contribution in [3.63, 3.8) is 0 Å². The number of methoxy groups -OCH3 is 2. The Hall–Kier alpha value is -2.74. The molecule has 0 unspecified atom stereocenters. The first-order chi connectivity index (χ1) is 14.4. The summed E-state index contributed by atoms with van der Waals surface area (Å²) in [6.45, 7) is 7.90. The molecule has 0 spiro atoms. The predicted octanol–water partition coefficient (Wildman–Crippen LogP) is 3.64. The van der Waals surface area contributed by atoms with Crippen molar-refractivity contribution in [1.82, 2.24) is 5.32 Å². The fraction of sp³-hybridized carbons (Fsp3) is 0.435. The summed E-state index contributed by atoms with van der Waals surface area (Å²) in [6.07, 6.45) is 1.05. The molecule has 0 aromatic heterocycles. The molecule has 0 heterocycles. The second-order valence-electron chi connectivity index (χ2n) is 8.47. The number of amides is 1. The van der Waals surface area contributed by atoms with Crippen molar-refractivity contribution in [2.45, 2.75) is 39.2 Å². The number of sulfonamides is 1. The fourth-order valence-corrected chi connectivity index (χ4v) is 4.00. The lowest BCUT2D eigenvalue weighted by Gasteiger charge is -2.25. The number of carbonyl (C=O) groups excluding carboxylic acids is 1. The van der Waals surface area contributed by atoms with Crippen LogP contribution in [0.1, 0.15) is 44.9 Å². The lowest BCUT2D eigenvalue weighted by molar-refractivity contribution is -0.120. The summed E-state index contributed by atoms with van der Waals surface area (Å²) < 4.78 is 36.5. The second kappa shape index (κ2) is 9.60. The van der Waals surface area contributed by atoms with Gasteiger partial charge in [0.2, 0.25) is 15.9 Å². The molecule has 0 saturated heterocycles. The summed E-state index contributed by atoms with van der Waals surface area (Å²) in [4.78, 5) is 12.7. The maximum atomic E-state index is 12.7. The number of anilines is 1. The minimum atomic E-state index is -3.76. The molecule has 31 heavy (non-hydrogen) atoms. The predicted molar refractivity (Wildman–Crippen MR) is 123 cm³/mol. The molecule has 0 aliphatic rings. The zero-order valence-electron chi connectivity index (χ0n) is 19.2. The number of rotatable bonds is 8. The average molecular weight is 449 g/mol. The van der Waals surface area contributed by atoms with Crippen LogP contribution in [0.25, 0.3) is 0 Å². The Morgan fingerprint density at radius 2 is 1.68 bits per heavy atom. The van der Waals surface area contributed by atoms with E-state index in [1.807, 2.05) is 31.2 Å². The third kappa shape index (κ3) is 6.37. The fourth-order valence-electron chi connectivity index (χ4n) is 3.15. The zero-order chi connectivity index (χ0) is 23.4. The third-order valence-electron chi connectivity index (χ3n) is 5.00. The van der Waals surface area contributed by atoms with Crippen LogP contribution >= 0.6 is 0 Å². The molecule has 2 aromatic rings. The van der Waals surface area contributed by atoms with Crippen molar-refractivity contribution >= 4 is 21.6 Å². The van der Waals surface area contributed by atoms with Gasteiger partial charge >= 0.3 is 0 Å². The van der Waals surface area contributed by atoms with E-state index in [0.717, 1.165) is 16.1 Å². The van der Waals surface area contributed by atoms with Crippen molar-refractivity contribution in [1.29, 1.82) is 0 Å². The maximum absolute atomic E-state index is 12.7. The lowest BCUT2D eigenvalue weighted by atomic mass is 9.86. The summed E-state index contributed by atoms with van der Waals surface area (Å²) >= 11 is 0. The monoisotopic (exact) mass is 448 g/mol. The number of hydrogen-bond donors (Lipinski definition) is 1. The van der Waals surface area contributed by atoms with Crippen LogP contribution in [0.4, 0.5) is 5.69 Å². The highest BCUT2D eigenvalue weighted by molar-refractivity contribution is 7.92. The number of benzene rings is 2. The molecule has 170 valence electrons. The Labute approximate surface area is 185 Å². The van der Waals surface area contributed by atoms with Crippen LogP contribution < -0.4 is 19.1 Å². The minimum absolute atomic E-state index is 0.0385. The maximum Gasteiger partial charge on any atom is 0.241 e. The Morgan fingerprint density at radius 1 is 1.06 bits per heavy atom. The van der Waals surface area contributed by atoms with E-state index in [1.165, 1.54) is 25.8 Å². The zero-order valence-corrected chi connectivity index (χ0v) is 20.0. The Balaban J connectivity index is 2.22. The number of ether oxygens (including phenoxy) is 2. The topological polar surface area (TPSA) is 84.9 Å². The van der Waals surface area contributed by atoms with Gasteiger partial charge in [-0.3, -0.25) is 9.10 Å². The van der Waals surface area contributed by atoms with Gasteiger partial charge in [-0.15, -0.1) is 0 Å². The lowest BCUT2D eigenvalue weighted by Crippen LogP contribution is -2.41. The van der Waals surface area contributed by atoms with Gasteiger partial charge in [-0.05, 0) is 35.6 Å². The van der Waals surface area contributed by atoms with Gasteiger partial charge in [-0.1, -0.05) is 45.0 Å². The molecule has 7 nitrogen and oxygen atoms in total. The molecular formula is C23H32N2O5S. The Bertz CT molecular complexity index is 1010. The van der Waals surface area contributed by atoms with E-state index in [0.29, 0.717) is 11.5 Å². The summed E-state index contributed by atoms with van der Waals surface area (Å²) in [5, 5.41) is 2.88. The van der Waals surface area contributed by atoms with Gasteiger partial charge in [-0.2, -0.15) is 0 Å². The van der Waals surface area contributed by atoms with Gasteiger partial charge in [0.1, 0.15) is 18.0 Å². The van der Waals surface area contributed by atoms with Crippen LogP contribution in [0.15, 0.2) is 42.5 Å². The minimum Gasteiger partial charge on any atom is -0.497 e. The Morgan fingerprint density at radius 3 is 2.16 bits per heavy atom. The smallest absolute Gasteiger partial charge is 0.241 e. The van der Waals surface area contributed by atoms with Crippen LogP contribution in [-0.2, 0) is 20.2 Å². The molecule has 0 bridgehead atoms. The molecule has 0 radical (unpaired) electrons. The van der Waals surface area contributed by atoms with E-state index >= 15 is 0 Å². The van der Waals surface area contributed by atoms with Crippen LogP contribution in [0.3, 0.4) is 0 Å². The normalized spacial score (nSPS) is 12.7. The van der Waals surface area contributed by atoms with Crippen LogP contribution in [-0.4, -0.2) is 41.3 Å². The first-order valence-corrected chi connectivity index (χ1v) is 11.8. The van der Waals surface area contributed by atoms with E-state index < -0.39 is 15.9 Å². The van der Waals surface area contributed by atoms with Crippen LogP contribution in [0.2, 0.25) is 0 Å². The number of nitrogens with zero attached hydrogens (tertiary/aromatic N) is 1. The van der Waals surface area contributed by atoms with E-state index in [4.69, 9.17) is 9.47 Å². The number of carbonyl (C=O) groups is 1. The second-order valence-corrected chi connectivity index (χ2v) is 10.4. The van der Waals surface area contributed by atoms with Gasteiger partial charge in [-0.25, -0.2) is 8.42 Å². The first-order valence-electron chi connectivity index (χ1n) is 9.96. The highest BCUT2D eigenvalue weighted by Crippen LogP contribution is 2.33. The largest absolute Gasteiger partial charge is 0.497 e. The van der Waals surface area contributed by atoms with Gasteiger partial charge in [0.25, 0.3) is 0 Å². The molecular weight excluding hydrogens is 416 g/mol. The molecule has 0 aliphatic heterocycles. The van der Waals surface area contributed by atoms with Crippen molar-refractivity contribution in [2.75, 3.05) is 31.3 Å². The van der Waals surface area contributed by atoms with E-state index in [1.54, 1.807) is 12.1 Å². The molecule has 1 atom stereocenters. The average Bonchev–Trinajstić information content (AvgIpc) is 2.70. The van der Waals surface area contributed by atoms with Crippen LogP contribution in [0.5, 0.6) is 11.5 Å². The third-order valence-corrected chi connectivity index (χ3v) is 6.12. The van der Waals surface area contributed by atoms with E-state index in [9.17, 15) is 13.2 Å². The standard InChI is InChI=1S/C23H32N2O5S/c1-16(17-8-10-18(11-9-17)23(2,3)4)24-22(26)15-25(31(7,27)28)20-14-19(29-5)12-13-21(20)30-6/h8-14,16H,15H2,1-7H3,(H,24,26)/t16-/m0/s1. The Kier molecular flexibility index (Phi) is 7.59. The highest BCUT2D eigenvalue weighted by Gasteiger charge is 2.25. The quantitative estimate of drug-likeness (QED) is 0.666. The van der Waals surface area contributed by atoms with Crippen molar-refractivity contribution in [3.05, 3.63) is 53.6 Å². The molecule has 1 amide bonds. The summed E-state index contributed by atoms with van der Waals surface area (Å²) in [7, 11) is -0.835. The molecule has 2 rings (SSSR count). The van der Waals surface area contributed by atoms with Gasteiger partial charge in [0.05, 0.1) is 32.2 Å².